The molecule has 0 saturated heterocycles. The first-order chi connectivity index (χ1) is 18.1. The van der Waals surface area contributed by atoms with E-state index in [9.17, 15) is 0 Å². The summed E-state index contributed by atoms with van der Waals surface area (Å²) in [5.41, 5.74) is 5.16. The van der Waals surface area contributed by atoms with Crippen molar-refractivity contribution in [2.75, 3.05) is 0 Å². The third-order valence-corrected chi connectivity index (χ3v) is 6.41. The molecule has 37 heavy (non-hydrogen) atoms. The highest BCUT2D eigenvalue weighted by Gasteiger charge is 2.27. The van der Waals surface area contributed by atoms with E-state index in [4.69, 9.17) is 20.2 Å². The summed E-state index contributed by atoms with van der Waals surface area (Å²) in [6.45, 7) is 4.23. The number of nitrogens with zero attached hydrogens (tertiary/aromatic N) is 7. The summed E-state index contributed by atoms with van der Waals surface area (Å²) in [6.07, 6.45) is 5.59. The molecule has 0 aliphatic heterocycles. The highest BCUT2D eigenvalue weighted by molar-refractivity contribution is 5.59. The van der Waals surface area contributed by atoms with Crippen molar-refractivity contribution in [2.45, 2.75) is 19.3 Å². The predicted octanol–water partition coefficient (Wildman–Crippen LogP) is 5.90. The Morgan fingerprint density at radius 3 is 1.84 bits per heavy atom. The van der Waals surface area contributed by atoms with Gasteiger partial charge in [0.15, 0.2) is 5.82 Å². The van der Waals surface area contributed by atoms with Crippen molar-refractivity contribution >= 4 is 0 Å². The minimum atomic E-state index is -0.474. The Hall–Kier alpha value is -4.91. The molecule has 180 valence electrons. The van der Waals surface area contributed by atoms with Crippen LogP contribution in [0.3, 0.4) is 0 Å². The molecule has 0 unspecified atom stereocenters. The molecular formula is C30H25N7. The average molecular weight is 484 g/mol. The molecule has 0 bridgehead atoms. The SMILES string of the molecule is CC(C)(c1cccc(-n2ccc(-c3ccccc3)n2)n1)c1ccnc(-n2ccc(-c3ccccc3)n2)n1. The second-order valence-electron chi connectivity index (χ2n) is 9.27. The van der Waals surface area contributed by atoms with Gasteiger partial charge in [-0.15, -0.1) is 0 Å². The highest BCUT2D eigenvalue weighted by Crippen LogP contribution is 2.30. The lowest BCUT2D eigenvalue weighted by Crippen LogP contribution is -2.24. The van der Waals surface area contributed by atoms with E-state index in [1.807, 2.05) is 102 Å². The lowest BCUT2D eigenvalue weighted by atomic mass is 9.85. The number of benzene rings is 2. The van der Waals surface area contributed by atoms with Gasteiger partial charge in [0.2, 0.25) is 0 Å². The van der Waals surface area contributed by atoms with E-state index in [1.165, 1.54) is 0 Å². The van der Waals surface area contributed by atoms with Gasteiger partial charge in [-0.3, -0.25) is 0 Å². The second kappa shape index (κ2) is 9.28. The highest BCUT2D eigenvalue weighted by atomic mass is 15.3. The molecule has 0 atom stereocenters. The van der Waals surface area contributed by atoms with E-state index in [0.29, 0.717) is 5.95 Å². The third kappa shape index (κ3) is 4.43. The second-order valence-corrected chi connectivity index (χ2v) is 9.27. The molecule has 4 heterocycles. The Kier molecular flexibility index (Phi) is 5.65. The number of aromatic nitrogens is 7. The predicted molar refractivity (Wildman–Crippen MR) is 144 cm³/mol. The van der Waals surface area contributed by atoms with Crippen LogP contribution < -0.4 is 0 Å². The number of pyridine rings is 1. The van der Waals surface area contributed by atoms with Gasteiger partial charge in [-0.25, -0.2) is 24.3 Å². The molecule has 4 aromatic heterocycles. The molecule has 6 aromatic rings. The Balaban J connectivity index is 1.30. The van der Waals surface area contributed by atoms with Gasteiger partial charge < -0.3 is 0 Å². The van der Waals surface area contributed by atoms with E-state index in [-0.39, 0.29) is 0 Å². The molecular weight excluding hydrogens is 458 g/mol. The van der Waals surface area contributed by atoms with Gasteiger partial charge in [-0.2, -0.15) is 10.2 Å². The van der Waals surface area contributed by atoms with E-state index in [0.717, 1.165) is 39.7 Å². The normalized spacial score (nSPS) is 11.5. The molecule has 7 nitrogen and oxygen atoms in total. The smallest absolute Gasteiger partial charge is 0.233 e. The van der Waals surface area contributed by atoms with Crippen molar-refractivity contribution in [3.63, 3.8) is 0 Å². The Morgan fingerprint density at radius 2 is 1.16 bits per heavy atom. The van der Waals surface area contributed by atoms with Gasteiger partial charge in [-0.1, -0.05) is 66.7 Å². The summed E-state index contributed by atoms with van der Waals surface area (Å²) >= 11 is 0. The summed E-state index contributed by atoms with van der Waals surface area (Å²) in [6, 6.07) is 32.1. The largest absolute Gasteiger partial charge is 0.250 e. The van der Waals surface area contributed by atoms with Crippen molar-refractivity contribution in [3.8, 4) is 34.3 Å². The standard InChI is InChI=1S/C30H25N7/c1-30(2,26-14-9-15-28(32-26)36-20-17-24(34-36)22-10-5-3-6-11-22)27-16-19-31-29(33-27)37-21-18-25(35-37)23-12-7-4-8-13-23/h3-21H,1-2H3. The van der Waals surface area contributed by atoms with Crippen LogP contribution in [0.5, 0.6) is 0 Å². The minimum absolute atomic E-state index is 0.474. The van der Waals surface area contributed by atoms with Crippen LogP contribution in [0.25, 0.3) is 34.3 Å². The number of rotatable bonds is 6. The van der Waals surface area contributed by atoms with E-state index in [2.05, 4.69) is 31.0 Å². The molecule has 0 spiro atoms. The molecule has 2 aromatic carbocycles. The third-order valence-electron chi connectivity index (χ3n) is 6.41. The molecule has 7 heteroatoms. The molecule has 6 rings (SSSR count). The van der Waals surface area contributed by atoms with Crippen LogP contribution >= 0.6 is 0 Å². The van der Waals surface area contributed by atoms with Gasteiger partial charge >= 0.3 is 0 Å². The topological polar surface area (TPSA) is 74.3 Å². The zero-order valence-electron chi connectivity index (χ0n) is 20.6. The maximum absolute atomic E-state index is 4.96. The summed E-state index contributed by atoms with van der Waals surface area (Å²) in [5.74, 6) is 1.27. The molecule has 0 radical (unpaired) electrons. The summed E-state index contributed by atoms with van der Waals surface area (Å²) in [5, 5.41) is 9.44. The Morgan fingerprint density at radius 1 is 0.568 bits per heavy atom. The lowest BCUT2D eigenvalue weighted by Gasteiger charge is -2.24. The first-order valence-corrected chi connectivity index (χ1v) is 12.1. The molecule has 0 aliphatic carbocycles. The fourth-order valence-electron chi connectivity index (χ4n) is 4.25. The van der Waals surface area contributed by atoms with Crippen LogP contribution in [0.15, 0.2) is 116 Å². The Bertz CT molecular complexity index is 1530. The van der Waals surface area contributed by atoms with Gasteiger partial charge in [0.05, 0.1) is 22.8 Å². The Labute approximate surface area is 215 Å². The maximum atomic E-state index is 4.96. The van der Waals surface area contributed by atoms with Crippen LogP contribution in [0, 0.1) is 0 Å². The fraction of sp³-hybridized carbons (Fsp3) is 0.100. The quantitative estimate of drug-likeness (QED) is 0.295. The van der Waals surface area contributed by atoms with E-state index in [1.54, 1.807) is 10.9 Å². The molecule has 0 aliphatic rings. The number of hydrogen-bond acceptors (Lipinski definition) is 5. The monoisotopic (exact) mass is 483 g/mol. The van der Waals surface area contributed by atoms with Gasteiger partial charge in [0.25, 0.3) is 5.95 Å². The zero-order valence-corrected chi connectivity index (χ0v) is 20.6. The minimum Gasteiger partial charge on any atom is -0.233 e. The van der Waals surface area contributed by atoms with Crippen molar-refractivity contribution in [1.82, 2.24) is 34.5 Å². The first-order valence-electron chi connectivity index (χ1n) is 12.1. The lowest BCUT2D eigenvalue weighted by molar-refractivity contribution is 0.584. The molecule has 0 saturated carbocycles. The van der Waals surface area contributed by atoms with Crippen molar-refractivity contribution in [3.05, 3.63) is 127 Å². The van der Waals surface area contributed by atoms with Crippen molar-refractivity contribution in [1.29, 1.82) is 0 Å². The van der Waals surface area contributed by atoms with Crippen LogP contribution in [0.2, 0.25) is 0 Å². The van der Waals surface area contributed by atoms with Gasteiger partial charge in [0, 0.05) is 35.1 Å². The average Bonchev–Trinajstić information content (AvgIpc) is 3.65. The fourth-order valence-corrected chi connectivity index (χ4v) is 4.25. The number of hydrogen-bond donors (Lipinski definition) is 0. The molecule has 0 amide bonds. The summed E-state index contributed by atoms with van der Waals surface area (Å²) in [7, 11) is 0. The van der Waals surface area contributed by atoms with Crippen LogP contribution in [0.1, 0.15) is 25.2 Å². The van der Waals surface area contributed by atoms with Gasteiger partial charge in [-0.05, 0) is 44.2 Å². The summed E-state index contributed by atoms with van der Waals surface area (Å²) in [4.78, 5) is 14.3. The van der Waals surface area contributed by atoms with Crippen LogP contribution in [0.4, 0.5) is 0 Å². The van der Waals surface area contributed by atoms with E-state index >= 15 is 0 Å². The first kappa shape index (κ1) is 22.5. The maximum Gasteiger partial charge on any atom is 0.250 e. The molecule has 0 fully saturated rings. The van der Waals surface area contributed by atoms with Crippen LogP contribution in [-0.4, -0.2) is 34.5 Å². The summed E-state index contributed by atoms with van der Waals surface area (Å²) < 4.78 is 3.52. The van der Waals surface area contributed by atoms with E-state index < -0.39 is 5.41 Å². The zero-order chi connectivity index (χ0) is 25.2. The van der Waals surface area contributed by atoms with Crippen molar-refractivity contribution in [2.24, 2.45) is 0 Å². The van der Waals surface area contributed by atoms with Crippen molar-refractivity contribution < 1.29 is 0 Å². The molecule has 0 N–H and O–H groups in total. The van der Waals surface area contributed by atoms with Gasteiger partial charge in [0.1, 0.15) is 0 Å². The van der Waals surface area contributed by atoms with Crippen LogP contribution in [-0.2, 0) is 5.41 Å².